The summed E-state index contributed by atoms with van der Waals surface area (Å²) < 4.78 is 6.03. The van der Waals surface area contributed by atoms with E-state index in [1.165, 1.54) is 11.1 Å². The average Bonchev–Trinajstić information content (AvgIpc) is 2.88. The van der Waals surface area contributed by atoms with Crippen LogP contribution >= 0.6 is 0 Å². The first-order valence-electron chi connectivity index (χ1n) is 12.9. The highest BCUT2D eigenvalue weighted by molar-refractivity contribution is 5.89. The predicted octanol–water partition coefficient (Wildman–Crippen LogP) is 4.31. The van der Waals surface area contributed by atoms with E-state index in [2.05, 4.69) is 41.8 Å². The van der Waals surface area contributed by atoms with Gasteiger partial charge in [-0.15, -0.1) is 0 Å². The van der Waals surface area contributed by atoms with Crippen LogP contribution in [0.1, 0.15) is 46.7 Å². The fourth-order valence-corrected chi connectivity index (χ4v) is 4.29. The second-order valence-corrected chi connectivity index (χ2v) is 9.67. The number of amides is 2. The zero-order valence-electron chi connectivity index (χ0n) is 22.3. The second-order valence-electron chi connectivity index (χ2n) is 9.67. The third-order valence-electron chi connectivity index (χ3n) is 6.62. The predicted molar refractivity (Wildman–Crippen MR) is 148 cm³/mol. The Hall–Kier alpha value is -3.64. The summed E-state index contributed by atoms with van der Waals surface area (Å²) in [6.07, 6.45) is 2.10. The highest BCUT2D eigenvalue weighted by atomic mass is 16.5. The van der Waals surface area contributed by atoms with E-state index in [0.717, 1.165) is 40.8 Å². The summed E-state index contributed by atoms with van der Waals surface area (Å²) in [6, 6.07) is 20.8. The number of hydrogen-bond donors (Lipinski definition) is 3. The summed E-state index contributed by atoms with van der Waals surface area (Å²) in [5, 5.41) is 5.64. The monoisotopic (exact) mass is 501 g/mol. The Morgan fingerprint density at radius 2 is 1.54 bits per heavy atom. The first-order valence-corrected chi connectivity index (χ1v) is 12.9. The molecule has 196 valence electrons. The van der Waals surface area contributed by atoms with Gasteiger partial charge in [-0.25, -0.2) is 0 Å². The molecule has 0 aromatic heterocycles. The van der Waals surface area contributed by atoms with Gasteiger partial charge in [-0.3, -0.25) is 9.59 Å². The number of nitrogens with two attached hydrogens (primary N) is 1. The van der Waals surface area contributed by atoms with Crippen LogP contribution in [0.25, 0.3) is 0 Å². The van der Waals surface area contributed by atoms with Gasteiger partial charge in [0.25, 0.3) is 0 Å². The smallest absolute Gasteiger partial charge is 0.242 e. The molecular formula is C31H39N3O3. The van der Waals surface area contributed by atoms with Crippen molar-refractivity contribution < 1.29 is 14.3 Å². The molecule has 6 heteroatoms. The van der Waals surface area contributed by atoms with Crippen LogP contribution < -0.4 is 21.1 Å². The van der Waals surface area contributed by atoms with Crippen molar-refractivity contribution in [3.8, 4) is 5.75 Å². The maximum atomic E-state index is 12.7. The topological polar surface area (TPSA) is 93.4 Å². The standard InChI is InChI=1S/C31H39N3O3/c1-21-11-8-9-15-26(21)20-37-27-17-22(2)28(23(3)18-27)19-29(32)31(36)34-24(4)30(35)33-16-10-14-25-12-6-5-7-13-25/h5-9,11-13,15,17-18,24,29H,10,14,16,19-20,32H2,1-4H3,(H,33,35)(H,34,36)/t24-,29?/m1/s1. The van der Waals surface area contributed by atoms with E-state index in [1.807, 2.05) is 56.3 Å². The lowest BCUT2D eigenvalue weighted by atomic mass is 9.96. The molecule has 4 N–H and O–H groups in total. The Labute approximate surface area is 220 Å². The summed E-state index contributed by atoms with van der Waals surface area (Å²) >= 11 is 0. The van der Waals surface area contributed by atoms with Gasteiger partial charge in [-0.1, -0.05) is 54.6 Å². The average molecular weight is 502 g/mol. The second kappa shape index (κ2) is 13.6. The fraction of sp³-hybridized carbons (Fsp3) is 0.355. The van der Waals surface area contributed by atoms with E-state index in [-0.39, 0.29) is 11.8 Å². The van der Waals surface area contributed by atoms with Gasteiger partial charge in [0.05, 0.1) is 6.04 Å². The van der Waals surface area contributed by atoms with Crippen LogP contribution in [0.3, 0.4) is 0 Å². The van der Waals surface area contributed by atoms with Crippen molar-refractivity contribution in [2.24, 2.45) is 5.73 Å². The molecule has 37 heavy (non-hydrogen) atoms. The Bertz CT molecular complexity index is 1170. The highest BCUT2D eigenvalue weighted by Crippen LogP contribution is 2.24. The number of carbonyl (C=O) groups excluding carboxylic acids is 2. The van der Waals surface area contributed by atoms with Crippen molar-refractivity contribution in [1.82, 2.24) is 10.6 Å². The summed E-state index contributed by atoms with van der Waals surface area (Å²) in [6.45, 7) is 8.80. The van der Waals surface area contributed by atoms with Gasteiger partial charge in [-0.2, -0.15) is 0 Å². The molecule has 0 radical (unpaired) electrons. The summed E-state index contributed by atoms with van der Waals surface area (Å²) in [5.74, 6) is 0.235. The van der Waals surface area contributed by atoms with Crippen LogP contribution in [0.5, 0.6) is 5.75 Å². The quantitative estimate of drug-likeness (QED) is 0.322. The van der Waals surface area contributed by atoms with Gasteiger partial charge in [0, 0.05) is 6.54 Å². The first-order chi connectivity index (χ1) is 17.7. The maximum Gasteiger partial charge on any atom is 0.242 e. The lowest BCUT2D eigenvalue weighted by molar-refractivity contribution is -0.129. The molecule has 1 unspecified atom stereocenters. The third kappa shape index (κ3) is 8.46. The van der Waals surface area contributed by atoms with Crippen molar-refractivity contribution in [1.29, 1.82) is 0 Å². The van der Waals surface area contributed by atoms with Gasteiger partial charge >= 0.3 is 0 Å². The van der Waals surface area contributed by atoms with Crippen LogP contribution in [0.2, 0.25) is 0 Å². The molecule has 3 rings (SSSR count). The molecule has 2 amide bonds. The Kier molecular flexibility index (Phi) is 10.3. The van der Waals surface area contributed by atoms with E-state index in [9.17, 15) is 9.59 Å². The minimum atomic E-state index is -0.760. The van der Waals surface area contributed by atoms with E-state index in [4.69, 9.17) is 10.5 Å². The molecule has 0 spiro atoms. The molecule has 2 atom stereocenters. The van der Waals surface area contributed by atoms with Crippen LogP contribution in [0.4, 0.5) is 0 Å². The van der Waals surface area contributed by atoms with Crippen molar-refractivity contribution in [2.45, 2.75) is 65.6 Å². The minimum Gasteiger partial charge on any atom is -0.489 e. The SMILES string of the molecule is Cc1ccccc1COc1cc(C)c(CC(N)C(=O)N[C@H](C)C(=O)NCCCc2ccccc2)c(C)c1. The van der Waals surface area contributed by atoms with Gasteiger partial charge in [0.2, 0.25) is 11.8 Å². The van der Waals surface area contributed by atoms with Gasteiger partial charge in [0.15, 0.2) is 0 Å². The Balaban J connectivity index is 1.47. The Morgan fingerprint density at radius 1 is 0.892 bits per heavy atom. The molecule has 0 aliphatic rings. The Morgan fingerprint density at radius 3 is 2.22 bits per heavy atom. The highest BCUT2D eigenvalue weighted by Gasteiger charge is 2.21. The van der Waals surface area contributed by atoms with Crippen molar-refractivity contribution >= 4 is 11.8 Å². The molecular weight excluding hydrogens is 462 g/mol. The number of carbonyl (C=O) groups is 2. The number of rotatable bonds is 12. The zero-order valence-corrected chi connectivity index (χ0v) is 22.3. The first kappa shape index (κ1) is 27.9. The van der Waals surface area contributed by atoms with Crippen molar-refractivity contribution in [3.63, 3.8) is 0 Å². The number of aryl methyl sites for hydroxylation is 4. The zero-order chi connectivity index (χ0) is 26.8. The lowest BCUT2D eigenvalue weighted by Crippen LogP contribution is -2.51. The molecule has 0 saturated carbocycles. The van der Waals surface area contributed by atoms with Gasteiger partial charge in [-0.05, 0) is 92.5 Å². The van der Waals surface area contributed by atoms with Crippen LogP contribution in [0.15, 0.2) is 66.7 Å². The summed E-state index contributed by atoms with van der Waals surface area (Å²) in [4.78, 5) is 25.1. The van der Waals surface area contributed by atoms with E-state index < -0.39 is 12.1 Å². The largest absolute Gasteiger partial charge is 0.489 e. The number of nitrogens with one attached hydrogen (secondary N) is 2. The molecule has 0 aliphatic heterocycles. The molecule has 6 nitrogen and oxygen atoms in total. The number of ether oxygens (including phenoxy) is 1. The van der Waals surface area contributed by atoms with Crippen LogP contribution in [-0.4, -0.2) is 30.4 Å². The number of hydrogen-bond acceptors (Lipinski definition) is 4. The van der Waals surface area contributed by atoms with E-state index >= 15 is 0 Å². The van der Waals surface area contributed by atoms with E-state index in [0.29, 0.717) is 19.6 Å². The number of benzene rings is 3. The fourth-order valence-electron chi connectivity index (χ4n) is 4.29. The van der Waals surface area contributed by atoms with Gasteiger partial charge < -0.3 is 21.1 Å². The summed E-state index contributed by atoms with van der Waals surface area (Å²) in [5.41, 5.74) is 12.9. The molecule has 0 bridgehead atoms. The summed E-state index contributed by atoms with van der Waals surface area (Å²) in [7, 11) is 0. The lowest BCUT2D eigenvalue weighted by Gasteiger charge is -2.20. The molecule has 3 aromatic carbocycles. The minimum absolute atomic E-state index is 0.212. The molecule has 0 saturated heterocycles. The molecule has 3 aromatic rings. The third-order valence-corrected chi connectivity index (χ3v) is 6.62. The van der Waals surface area contributed by atoms with Gasteiger partial charge in [0.1, 0.15) is 18.4 Å². The molecule has 0 aliphatic carbocycles. The normalized spacial score (nSPS) is 12.5. The van der Waals surface area contributed by atoms with Crippen LogP contribution in [-0.2, 0) is 29.0 Å². The van der Waals surface area contributed by atoms with Crippen molar-refractivity contribution in [3.05, 3.63) is 100 Å². The molecule has 0 heterocycles. The van der Waals surface area contributed by atoms with Crippen molar-refractivity contribution in [2.75, 3.05) is 6.54 Å². The maximum absolute atomic E-state index is 12.7. The van der Waals surface area contributed by atoms with E-state index in [1.54, 1.807) is 6.92 Å². The van der Waals surface area contributed by atoms with Crippen LogP contribution in [0, 0.1) is 20.8 Å². The molecule has 0 fully saturated rings.